The summed E-state index contributed by atoms with van der Waals surface area (Å²) in [5.41, 5.74) is 12.1. The van der Waals surface area contributed by atoms with Crippen molar-refractivity contribution >= 4 is 65.9 Å². The first-order valence-corrected chi connectivity index (χ1v) is 16.7. The molecule has 0 aliphatic heterocycles. The molecule has 1 N–H and O–H groups in total. The number of hydrogen-bond acceptors (Lipinski definition) is 2. The molecule has 49 heavy (non-hydrogen) atoms. The molecule has 0 atom stereocenters. The van der Waals surface area contributed by atoms with E-state index in [4.69, 9.17) is 4.42 Å². The van der Waals surface area contributed by atoms with Gasteiger partial charge in [-0.05, 0) is 87.6 Å². The van der Waals surface area contributed by atoms with E-state index in [2.05, 4.69) is 174 Å². The number of benzene rings is 8. The number of fused-ring (bicyclic) bond motifs is 8. The lowest BCUT2D eigenvalue weighted by atomic mass is 9.99. The van der Waals surface area contributed by atoms with Crippen molar-refractivity contribution in [3.05, 3.63) is 176 Å². The Labute approximate surface area is 283 Å². The summed E-state index contributed by atoms with van der Waals surface area (Å²) >= 11 is 0. The fraction of sp³-hybridized carbons (Fsp3) is 0. The van der Waals surface area contributed by atoms with Crippen LogP contribution in [0, 0.1) is 0 Å². The van der Waals surface area contributed by atoms with Crippen LogP contribution in [-0.4, -0.2) is 4.57 Å². The molecule has 0 saturated heterocycles. The second-order valence-corrected chi connectivity index (χ2v) is 12.6. The third kappa shape index (κ3) is 4.51. The Morgan fingerprint density at radius 1 is 0.429 bits per heavy atom. The van der Waals surface area contributed by atoms with E-state index in [0.29, 0.717) is 0 Å². The molecule has 8 aromatic carbocycles. The lowest BCUT2D eigenvalue weighted by molar-refractivity contribution is 0.670. The van der Waals surface area contributed by atoms with Gasteiger partial charge in [0, 0.05) is 32.9 Å². The van der Waals surface area contributed by atoms with Crippen LogP contribution in [0.1, 0.15) is 0 Å². The average Bonchev–Trinajstić information content (AvgIpc) is 3.72. The Kier molecular flexibility index (Phi) is 6.18. The number of rotatable bonds is 5. The summed E-state index contributed by atoms with van der Waals surface area (Å²) in [6, 6.07) is 62.6. The molecule has 2 aromatic heterocycles. The molecule has 0 amide bonds. The number of anilines is 2. The van der Waals surface area contributed by atoms with Gasteiger partial charge in [0.1, 0.15) is 5.58 Å². The molecular weight excluding hydrogens is 597 g/mol. The predicted molar refractivity (Wildman–Crippen MR) is 206 cm³/mol. The van der Waals surface area contributed by atoms with E-state index in [1.165, 1.54) is 60.5 Å². The van der Waals surface area contributed by atoms with Crippen molar-refractivity contribution in [2.24, 2.45) is 0 Å². The third-order valence-corrected chi connectivity index (χ3v) is 9.77. The topological polar surface area (TPSA) is 30.1 Å². The van der Waals surface area contributed by atoms with Gasteiger partial charge in [-0.2, -0.15) is 0 Å². The van der Waals surface area contributed by atoms with E-state index in [9.17, 15) is 0 Å². The number of furan rings is 1. The van der Waals surface area contributed by atoms with Crippen molar-refractivity contribution in [1.82, 2.24) is 4.57 Å². The van der Waals surface area contributed by atoms with Crippen molar-refractivity contribution in [1.29, 1.82) is 0 Å². The van der Waals surface area contributed by atoms with Crippen LogP contribution in [0.5, 0.6) is 0 Å². The highest BCUT2D eigenvalue weighted by atomic mass is 16.3. The molecule has 0 fully saturated rings. The first-order chi connectivity index (χ1) is 24.3. The van der Waals surface area contributed by atoms with Crippen LogP contribution < -0.4 is 5.32 Å². The van der Waals surface area contributed by atoms with Crippen LogP contribution in [0.4, 0.5) is 11.4 Å². The Bertz CT molecular complexity index is 2820. The van der Waals surface area contributed by atoms with Crippen LogP contribution in [0.2, 0.25) is 0 Å². The van der Waals surface area contributed by atoms with E-state index < -0.39 is 0 Å². The maximum absolute atomic E-state index is 6.41. The molecule has 0 aliphatic carbocycles. The number of nitrogens with zero attached hydrogens (tertiary/aromatic N) is 1. The third-order valence-electron chi connectivity index (χ3n) is 9.77. The second-order valence-electron chi connectivity index (χ2n) is 12.6. The minimum atomic E-state index is 0.877. The monoisotopic (exact) mass is 626 g/mol. The van der Waals surface area contributed by atoms with Gasteiger partial charge in [-0.3, -0.25) is 0 Å². The summed E-state index contributed by atoms with van der Waals surface area (Å²) in [7, 11) is 0. The first-order valence-electron chi connectivity index (χ1n) is 16.7. The summed E-state index contributed by atoms with van der Waals surface area (Å²) in [4.78, 5) is 0. The quantitative estimate of drug-likeness (QED) is 0.206. The minimum Gasteiger partial charge on any atom is -0.454 e. The number of nitrogens with one attached hydrogen (secondary N) is 1. The molecule has 0 saturated carbocycles. The van der Waals surface area contributed by atoms with Gasteiger partial charge in [0.2, 0.25) is 0 Å². The zero-order valence-corrected chi connectivity index (χ0v) is 26.6. The molecule has 2 heterocycles. The maximum atomic E-state index is 6.41. The Morgan fingerprint density at radius 2 is 1.02 bits per heavy atom. The Hall–Kier alpha value is -6.58. The van der Waals surface area contributed by atoms with E-state index in [1.54, 1.807) is 0 Å². The van der Waals surface area contributed by atoms with Crippen LogP contribution in [0.15, 0.2) is 180 Å². The largest absolute Gasteiger partial charge is 0.454 e. The van der Waals surface area contributed by atoms with Gasteiger partial charge in [0.25, 0.3) is 0 Å². The number of para-hydroxylation sites is 3. The molecule has 0 bridgehead atoms. The maximum Gasteiger partial charge on any atom is 0.159 e. The molecule has 3 nitrogen and oxygen atoms in total. The molecule has 0 unspecified atom stereocenters. The van der Waals surface area contributed by atoms with Crippen LogP contribution in [-0.2, 0) is 0 Å². The van der Waals surface area contributed by atoms with Gasteiger partial charge in [-0.25, -0.2) is 0 Å². The van der Waals surface area contributed by atoms with Crippen molar-refractivity contribution in [2.45, 2.75) is 0 Å². The van der Waals surface area contributed by atoms with E-state index in [-0.39, 0.29) is 0 Å². The van der Waals surface area contributed by atoms with Crippen LogP contribution in [0.25, 0.3) is 82.5 Å². The van der Waals surface area contributed by atoms with Gasteiger partial charge in [-0.15, -0.1) is 0 Å². The van der Waals surface area contributed by atoms with Crippen LogP contribution >= 0.6 is 0 Å². The normalized spacial score (nSPS) is 11.7. The fourth-order valence-electron chi connectivity index (χ4n) is 7.43. The van der Waals surface area contributed by atoms with Crippen LogP contribution in [0.3, 0.4) is 0 Å². The highest BCUT2D eigenvalue weighted by Gasteiger charge is 2.16. The molecule has 230 valence electrons. The fourth-order valence-corrected chi connectivity index (χ4v) is 7.43. The second kappa shape index (κ2) is 11.0. The summed E-state index contributed by atoms with van der Waals surface area (Å²) in [5.74, 6) is 0. The first kappa shape index (κ1) is 27.5. The minimum absolute atomic E-state index is 0.877. The Morgan fingerprint density at radius 3 is 1.82 bits per heavy atom. The summed E-state index contributed by atoms with van der Waals surface area (Å²) in [5, 5.41) is 10.8. The van der Waals surface area contributed by atoms with Crippen molar-refractivity contribution < 1.29 is 4.42 Å². The molecule has 3 heteroatoms. The highest BCUT2D eigenvalue weighted by molar-refractivity contribution is 6.22. The molecule has 0 radical (unpaired) electrons. The number of hydrogen-bond donors (Lipinski definition) is 1. The zero-order valence-electron chi connectivity index (χ0n) is 26.6. The highest BCUT2D eigenvalue weighted by Crippen LogP contribution is 2.40. The van der Waals surface area contributed by atoms with Gasteiger partial charge in [0.15, 0.2) is 5.58 Å². The molecule has 0 spiro atoms. The lowest BCUT2D eigenvalue weighted by Gasteiger charge is -2.11. The smallest absolute Gasteiger partial charge is 0.159 e. The number of aromatic nitrogens is 1. The molecule has 10 aromatic rings. The van der Waals surface area contributed by atoms with Gasteiger partial charge >= 0.3 is 0 Å². The summed E-state index contributed by atoms with van der Waals surface area (Å²) < 4.78 is 8.76. The van der Waals surface area contributed by atoms with Crippen molar-refractivity contribution in [3.8, 4) is 27.9 Å². The summed E-state index contributed by atoms with van der Waals surface area (Å²) in [6.45, 7) is 0. The zero-order chi connectivity index (χ0) is 32.3. The van der Waals surface area contributed by atoms with Gasteiger partial charge < -0.3 is 14.3 Å². The summed E-state index contributed by atoms with van der Waals surface area (Å²) in [6.07, 6.45) is 0. The van der Waals surface area contributed by atoms with Gasteiger partial charge in [0.05, 0.1) is 16.7 Å². The Balaban J connectivity index is 0.959. The van der Waals surface area contributed by atoms with Crippen molar-refractivity contribution in [3.63, 3.8) is 0 Å². The van der Waals surface area contributed by atoms with Crippen molar-refractivity contribution in [2.75, 3.05) is 5.32 Å². The van der Waals surface area contributed by atoms with E-state index >= 15 is 0 Å². The predicted octanol–water partition coefficient (Wildman–Crippen LogP) is 12.9. The van der Waals surface area contributed by atoms with E-state index in [0.717, 1.165) is 33.3 Å². The average molecular weight is 627 g/mol. The molecule has 10 rings (SSSR count). The SMILES string of the molecule is c1ccc(-n2c3ccccc3c3cc(-c4ccc(-c5ccc(Nc6cc7ccccc7c7c6oc6ccccc67)cc5)cc4)ccc32)cc1. The van der Waals surface area contributed by atoms with Gasteiger partial charge in [-0.1, -0.05) is 121 Å². The standard InChI is InChI=1S/C46H30N2O/c1-2-11-36(12-3-1)48-42-16-8-6-14-38(42)40-28-33(24-27-43(40)48)32-20-18-30(19-21-32)31-22-25-35(26-23-31)47-41-29-34-10-4-5-13-37(34)45-39-15-7-9-17-44(39)49-46(41)45/h1-29,47H. The lowest BCUT2D eigenvalue weighted by Crippen LogP contribution is -1.92. The molecule has 0 aliphatic rings. The molecular formula is C46H30N2O. The van der Waals surface area contributed by atoms with E-state index in [1.807, 2.05) is 12.1 Å².